The fraction of sp³-hybridized carbons (Fsp3) is 0.333. The van der Waals surface area contributed by atoms with Gasteiger partial charge in [-0.1, -0.05) is 114 Å². The molecule has 284 valence electrons. The van der Waals surface area contributed by atoms with Gasteiger partial charge in [-0.3, -0.25) is 0 Å². The summed E-state index contributed by atoms with van der Waals surface area (Å²) in [5, 5.41) is 11.8. The van der Waals surface area contributed by atoms with Crippen LogP contribution in [0.1, 0.15) is 96.4 Å². The predicted octanol–water partition coefficient (Wildman–Crippen LogP) is 12.1. The van der Waals surface area contributed by atoms with E-state index in [4.69, 9.17) is 15.7 Å². The van der Waals surface area contributed by atoms with Crippen LogP contribution in [0.25, 0.3) is 23.1 Å². The first kappa shape index (κ1) is 41.1. The van der Waals surface area contributed by atoms with Gasteiger partial charge in [0.05, 0.1) is 18.2 Å². The molecule has 0 saturated carbocycles. The van der Waals surface area contributed by atoms with E-state index < -0.39 is 13.9 Å². The number of nitriles is 1. The lowest BCUT2D eigenvalue weighted by Crippen LogP contribution is -2.68. The van der Waals surface area contributed by atoms with Crippen molar-refractivity contribution in [2.75, 3.05) is 18.0 Å². The van der Waals surface area contributed by atoms with E-state index in [1.165, 1.54) is 16.1 Å². The van der Waals surface area contributed by atoms with Crippen molar-refractivity contribution in [2.45, 2.75) is 91.7 Å². The van der Waals surface area contributed by atoms with Gasteiger partial charge in [0.2, 0.25) is 5.70 Å². The summed E-state index contributed by atoms with van der Waals surface area (Å²) in [6, 6.07) is 34.8. The zero-order valence-corrected chi connectivity index (χ0v) is 35.6. The van der Waals surface area contributed by atoms with Gasteiger partial charge in [-0.25, -0.2) is 4.85 Å². The van der Waals surface area contributed by atoms with Gasteiger partial charge >= 0.3 is 8.32 Å². The van der Waals surface area contributed by atoms with Crippen LogP contribution in [0.3, 0.4) is 0 Å². The van der Waals surface area contributed by atoms with E-state index in [0.717, 1.165) is 65.4 Å². The number of benzene rings is 3. The number of ether oxygens (including phenoxy) is 1. The Morgan fingerprint density at radius 3 is 1.95 bits per heavy atom. The van der Waals surface area contributed by atoms with E-state index >= 15 is 0 Å². The molecule has 55 heavy (non-hydrogen) atoms. The molecule has 0 unspecified atom stereocenters. The SMILES string of the molecule is [C-]#[N+]C1=C(/C=C/c2ccc(/C=C/c3ccc(N(CCCC)CCCC)cc3O[Si](c3ccccc3)(c3ccccc3)C(C)(C)C)s2)C(C)(C)O/C1=C(\C)C#N. The van der Waals surface area contributed by atoms with Gasteiger partial charge < -0.3 is 14.1 Å². The molecular weight excluding hydrogens is 711 g/mol. The molecule has 0 fully saturated rings. The molecule has 5 rings (SSSR count). The minimum Gasteiger partial charge on any atom is -0.534 e. The third kappa shape index (κ3) is 9.25. The van der Waals surface area contributed by atoms with Gasteiger partial charge in [-0.05, 0) is 91.5 Å². The molecule has 1 aliphatic heterocycles. The smallest absolute Gasteiger partial charge is 0.319 e. The van der Waals surface area contributed by atoms with Crippen molar-refractivity contribution >= 4 is 53.9 Å². The summed E-state index contributed by atoms with van der Waals surface area (Å²) in [5.74, 6) is 1.27. The van der Waals surface area contributed by atoms with Crippen LogP contribution in [0.4, 0.5) is 5.69 Å². The van der Waals surface area contributed by atoms with Gasteiger partial charge in [0.1, 0.15) is 17.1 Å². The molecule has 0 saturated heterocycles. The molecule has 4 aromatic rings. The Bertz CT molecular complexity index is 2090. The van der Waals surface area contributed by atoms with Crippen molar-refractivity contribution in [3.63, 3.8) is 0 Å². The molecule has 5 nitrogen and oxygen atoms in total. The molecule has 3 aromatic carbocycles. The third-order valence-electron chi connectivity index (χ3n) is 10.2. The molecule has 0 aliphatic carbocycles. The van der Waals surface area contributed by atoms with Crippen LogP contribution >= 0.6 is 11.3 Å². The second-order valence-corrected chi connectivity index (χ2v) is 21.0. The summed E-state index contributed by atoms with van der Waals surface area (Å²) in [7, 11) is -2.91. The third-order valence-corrected chi connectivity index (χ3v) is 16.1. The van der Waals surface area contributed by atoms with Crippen molar-refractivity contribution in [3.8, 4) is 11.8 Å². The van der Waals surface area contributed by atoms with Gasteiger partial charge in [0.25, 0.3) is 0 Å². The number of allylic oxidation sites excluding steroid dienone is 1. The molecule has 0 N–H and O–H groups in total. The maximum Gasteiger partial charge on any atom is 0.319 e. The summed E-state index contributed by atoms with van der Waals surface area (Å²) in [4.78, 5) is 8.45. The van der Waals surface area contributed by atoms with Crippen LogP contribution in [0.15, 0.2) is 120 Å². The van der Waals surface area contributed by atoms with Gasteiger partial charge in [0.15, 0.2) is 0 Å². The fourth-order valence-electron chi connectivity index (χ4n) is 7.17. The van der Waals surface area contributed by atoms with Gasteiger partial charge in [-0.15, -0.1) is 11.3 Å². The monoisotopic (exact) mass is 765 g/mol. The number of nitrogens with zero attached hydrogens (tertiary/aromatic N) is 3. The highest BCUT2D eigenvalue weighted by Gasteiger charge is 2.52. The van der Waals surface area contributed by atoms with Crippen LogP contribution in [0.2, 0.25) is 5.04 Å². The number of unbranched alkanes of at least 4 members (excludes halogenated alkanes) is 2. The highest BCUT2D eigenvalue weighted by Crippen LogP contribution is 2.42. The van der Waals surface area contributed by atoms with Crippen LogP contribution < -0.4 is 19.7 Å². The van der Waals surface area contributed by atoms with E-state index in [0.29, 0.717) is 17.0 Å². The van der Waals surface area contributed by atoms with Crippen molar-refractivity contribution in [1.29, 1.82) is 5.26 Å². The summed E-state index contributed by atoms with van der Waals surface area (Å²) in [6.07, 6.45) is 12.9. The zero-order chi connectivity index (χ0) is 39.6. The van der Waals surface area contributed by atoms with E-state index in [9.17, 15) is 5.26 Å². The first-order valence-electron chi connectivity index (χ1n) is 19.5. The number of thiophene rings is 1. The van der Waals surface area contributed by atoms with Crippen LogP contribution in [-0.2, 0) is 4.74 Å². The molecule has 0 spiro atoms. The Hall–Kier alpha value is -5.08. The maximum absolute atomic E-state index is 9.48. The Morgan fingerprint density at radius 2 is 1.44 bits per heavy atom. The highest BCUT2D eigenvalue weighted by molar-refractivity contribution is 7.13. The standard InChI is InChI=1S/C48H55N3O2SSi/c1-10-12-32-51(33-13-11-2)38-26-24-37(44(34-38)53-55(47(4,5)6,41-20-16-14-17-21-41)42-22-18-15-19-23-42)25-27-39-28-29-40(54-39)30-31-43-45(50-9)46(36(3)35-49)52-48(43,7)8/h14-31,34H,10-13,32-33H2,1-8H3/b27-25+,31-30+,46-36+. The quantitative estimate of drug-likeness (QED) is 0.0687. The summed E-state index contributed by atoms with van der Waals surface area (Å²) in [6.45, 7) is 26.9. The minimum atomic E-state index is -2.91. The van der Waals surface area contributed by atoms with Crippen molar-refractivity contribution < 1.29 is 9.16 Å². The van der Waals surface area contributed by atoms with Crippen LogP contribution in [0, 0.1) is 17.9 Å². The van der Waals surface area contributed by atoms with E-state index in [1.807, 2.05) is 26.0 Å². The fourth-order valence-corrected chi connectivity index (χ4v) is 12.4. The van der Waals surface area contributed by atoms with Gasteiger partial charge in [0, 0.05) is 45.7 Å². The molecule has 7 heteroatoms. The molecule has 0 atom stereocenters. The zero-order valence-electron chi connectivity index (χ0n) is 33.8. The average Bonchev–Trinajstić information content (AvgIpc) is 3.75. The molecule has 0 amide bonds. The average molecular weight is 766 g/mol. The lowest BCUT2D eigenvalue weighted by Gasteiger charge is -2.43. The van der Waals surface area contributed by atoms with Crippen LogP contribution in [-0.4, -0.2) is 27.0 Å². The summed E-state index contributed by atoms with van der Waals surface area (Å²) in [5.41, 5.74) is 3.11. The largest absolute Gasteiger partial charge is 0.534 e. The number of hydrogen-bond donors (Lipinski definition) is 0. The molecule has 2 heterocycles. The lowest BCUT2D eigenvalue weighted by molar-refractivity contribution is 0.0948. The Balaban J connectivity index is 1.58. The maximum atomic E-state index is 9.48. The van der Waals surface area contributed by atoms with Crippen molar-refractivity contribution in [3.05, 3.63) is 146 Å². The topological polar surface area (TPSA) is 49.9 Å². The van der Waals surface area contributed by atoms with E-state index in [1.54, 1.807) is 18.3 Å². The van der Waals surface area contributed by atoms with Crippen LogP contribution in [0.5, 0.6) is 5.75 Å². The minimum absolute atomic E-state index is 0.183. The first-order chi connectivity index (χ1) is 26.4. The van der Waals surface area contributed by atoms with Crippen molar-refractivity contribution in [2.24, 2.45) is 0 Å². The second kappa shape index (κ2) is 18.0. The number of anilines is 1. The Labute approximate surface area is 334 Å². The predicted molar refractivity (Wildman–Crippen MR) is 236 cm³/mol. The van der Waals surface area contributed by atoms with Crippen molar-refractivity contribution in [1.82, 2.24) is 0 Å². The summed E-state index contributed by atoms with van der Waals surface area (Å²) < 4.78 is 13.8. The molecular formula is C48H55N3O2SSi. The normalized spacial score (nSPS) is 15.2. The summed E-state index contributed by atoms with van der Waals surface area (Å²) >= 11 is 1.68. The Morgan fingerprint density at radius 1 is 0.873 bits per heavy atom. The molecule has 1 aromatic heterocycles. The first-order valence-corrected chi connectivity index (χ1v) is 22.2. The number of hydrogen-bond acceptors (Lipinski definition) is 5. The number of rotatable bonds is 15. The van der Waals surface area contributed by atoms with E-state index in [2.05, 4.69) is 154 Å². The second-order valence-electron chi connectivity index (χ2n) is 15.6. The molecule has 1 aliphatic rings. The Kier molecular flexibility index (Phi) is 13.5. The van der Waals surface area contributed by atoms with E-state index in [-0.39, 0.29) is 5.04 Å². The molecule has 0 bridgehead atoms. The highest BCUT2D eigenvalue weighted by atomic mass is 32.1. The van der Waals surface area contributed by atoms with Gasteiger partial charge in [-0.2, -0.15) is 5.26 Å². The lowest BCUT2D eigenvalue weighted by atomic mass is 9.97. The molecule has 0 radical (unpaired) electrons.